The fourth-order valence-electron chi connectivity index (χ4n) is 1.94. The van der Waals surface area contributed by atoms with Crippen molar-refractivity contribution in [2.24, 2.45) is 5.73 Å². The Morgan fingerprint density at radius 3 is 3.07 bits per heavy atom. The summed E-state index contributed by atoms with van der Waals surface area (Å²) >= 11 is 5.89. The van der Waals surface area contributed by atoms with Gasteiger partial charge in [0.2, 0.25) is 0 Å². The summed E-state index contributed by atoms with van der Waals surface area (Å²) in [5.74, 6) is 1.29. The number of rotatable bonds is 1. The van der Waals surface area contributed by atoms with Crippen molar-refractivity contribution in [1.82, 2.24) is 0 Å². The Morgan fingerprint density at radius 2 is 2.36 bits per heavy atom. The molecule has 2 N–H and O–H groups in total. The second-order valence-corrected chi connectivity index (χ2v) is 4.22. The maximum Gasteiger partial charge on any atom is 0.124 e. The Hall–Kier alpha value is -0.730. The molecule has 2 rings (SSSR count). The molecule has 1 heterocycles. The van der Waals surface area contributed by atoms with E-state index < -0.39 is 0 Å². The number of benzene rings is 1. The largest absolute Gasteiger partial charge is 0.493 e. The monoisotopic (exact) mass is 211 g/mol. The normalized spacial score (nSPS) is 22.4. The summed E-state index contributed by atoms with van der Waals surface area (Å²) in [6, 6.07) is 5.94. The maximum absolute atomic E-state index is 5.93. The molecule has 1 aromatic carbocycles. The van der Waals surface area contributed by atoms with E-state index in [0.29, 0.717) is 10.9 Å². The lowest BCUT2D eigenvalue weighted by molar-refractivity contribution is 0.258. The number of fused-ring (bicyclic) bond motifs is 1. The number of hydrogen-bond acceptors (Lipinski definition) is 2. The van der Waals surface area contributed by atoms with E-state index in [4.69, 9.17) is 22.1 Å². The number of hydrogen-bond donors (Lipinski definition) is 1. The number of nitrogens with two attached hydrogens (primary N) is 1. The van der Waals surface area contributed by atoms with Crippen LogP contribution in [0.1, 0.15) is 24.8 Å². The average Bonchev–Trinajstić information content (AvgIpc) is 2.16. The van der Waals surface area contributed by atoms with E-state index in [0.717, 1.165) is 18.8 Å². The summed E-state index contributed by atoms with van der Waals surface area (Å²) < 4.78 is 5.54. The van der Waals surface area contributed by atoms with Crippen LogP contribution < -0.4 is 10.5 Å². The van der Waals surface area contributed by atoms with Crippen LogP contribution in [0.2, 0.25) is 5.02 Å². The van der Waals surface area contributed by atoms with Crippen LogP contribution in [0.3, 0.4) is 0 Å². The molecular weight excluding hydrogens is 198 g/mol. The van der Waals surface area contributed by atoms with Gasteiger partial charge in [0.15, 0.2) is 0 Å². The van der Waals surface area contributed by atoms with E-state index in [1.54, 1.807) is 0 Å². The van der Waals surface area contributed by atoms with Gasteiger partial charge in [-0.2, -0.15) is 0 Å². The molecule has 0 amide bonds. The third-order valence-electron chi connectivity index (χ3n) is 2.70. The van der Waals surface area contributed by atoms with E-state index in [-0.39, 0.29) is 6.04 Å². The van der Waals surface area contributed by atoms with Gasteiger partial charge in [0.1, 0.15) is 5.75 Å². The predicted octanol–water partition coefficient (Wildman–Crippen LogP) is 2.55. The zero-order valence-corrected chi connectivity index (χ0v) is 8.92. The molecule has 2 nitrogen and oxygen atoms in total. The molecule has 0 spiro atoms. The fourth-order valence-corrected chi connectivity index (χ4v) is 2.10. The summed E-state index contributed by atoms with van der Waals surface area (Å²) in [5.41, 5.74) is 7.12. The van der Waals surface area contributed by atoms with Crippen molar-refractivity contribution >= 4 is 11.6 Å². The first kappa shape index (κ1) is 9.81. The highest BCUT2D eigenvalue weighted by atomic mass is 35.5. The van der Waals surface area contributed by atoms with Gasteiger partial charge in [0.05, 0.1) is 6.61 Å². The zero-order chi connectivity index (χ0) is 10.1. The van der Waals surface area contributed by atoms with Gasteiger partial charge in [-0.25, -0.2) is 0 Å². The van der Waals surface area contributed by atoms with Crippen LogP contribution in [0, 0.1) is 0 Å². The van der Waals surface area contributed by atoms with E-state index >= 15 is 0 Å². The Kier molecular flexibility index (Phi) is 2.66. The summed E-state index contributed by atoms with van der Waals surface area (Å²) in [6.07, 6.45) is 0.992. The molecule has 2 atom stereocenters. The first-order chi connectivity index (χ1) is 6.68. The average molecular weight is 212 g/mol. The van der Waals surface area contributed by atoms with Crippen molar-refractivity contribution < 1.29 is 4.74 Å². The van der Waals surface area contributed by atoms with Gasteiger partial charge in [-0.15, -0.1) is 0 Å². The van der Waals surface area contributed by atoms with Crippen molar-refractivity contribution in [2.45, 2.75) is 25.3 Å². The zero-order valence-electron chi connectivity index (χ0n) is 8.16. The Bertz CT molecular complexity index is 338. The van der Waals surface area contributed by atoms with Crippen molar-refractivity contribution in [3.8, 4) is 5.75 Å². The van der Waals surface area contributed by atoms with Gasteiger partial charge in [-0.05, 0) is 31.0 Å². The van der Waals surface area contributed by atoms with Crippen LogP contribution in [0.4, 0.5) is 0 Å². The molecule has 0 radical (unpaired) electrons. The van der Waals surface area contributed by atoms with Crippen molar-refractivity contribution in [3.63, 3.8) is 0 Å². The highest BCUT2D eigenvalue weighted by Crippen LogP contribution is 2.36. The van der Waals surface area contributed by atoms with Crippen LogP contribution in [-0.4, -0.2) is 12.6 Å². The molecule has 1 aromatic rings. The molecule has 1 aliphatic heterocycles. The standard InChI is InChI=1S/C11H14ClNO/c1-7(13)9-4-5-14-11-6-8(12)2-3-10(9)11/h2-3,6-7,9H,4-5,13H2,1H3. The van der Waals surface area contributed by atoms with Crippen molar-refractivity contribution in [3.05, 3.63) is 28.8 Å². The van der Waals surface area contributed by atoms with E-state index in [1.807, 2.05) is 25.1 Å². The van der Waals surface area contributed by atoms with Crippen LogP contribution in [0.5, 0.6) is 5.75 Å². The SMILES string of the molecule is CC(N)C1CCOc2cc(Cl)ccc21. The summed E-state index contributed by atoms with van der Waals surface area (Å²) in [7, 11) is 0. The lowest BCUT2D eigenvalue weighted by atomic mass is 9.88. The van der Waals surface area contributed by atoms with E-state index in [9.17, 15) is 0 Å². The van der Waals surface area contributed by atoms with Gasteiger partial charge in [0, 0.05) is 17.0 Å². The first-order valence-corrected chi connectivity index (χ1v) is 5.24. The van der Waals surface area contributed by atoms with Gasteiger partial charge in [-0.3, -0.25) is 0 Å². The van der Waals surface area contributed by atoms with Crippen LogP contribution in [-0.2, 0) is 0 Å². The van der Waals surface area contributed by atoms with Crippen molar-refractivity contribution in [2.75, 3.05) is 6.61 Å². The highest BCUT2D eigenvalue weighted by molar-refractivity contribution is 6.30. The fraction of sp³-hybridized carbons (Fsp3) is 0.455. The summed E-state index contributed by atoms with van der Waals surface area (Å²) in [5, 5.41) is 0.717. The lowest BCUT2D eigenvalue weighted by Gasteiger charge is -2.28. The Morgan fingerprint density at radius 1 is 1.57 bits per heavy atom. The summed E-state index contributed by atoms with van der Waals surface area (Å²) in [6.45, 7) is 2.77. The number of halogens is 1. The topological polar surface area (TPSA) is 35.2 Å². The molecule has 0 aromatic heterocycles. The Balaban J connectivity index is 2.40. The van der Waals surface area contributed by atoms with Gasteiger partial charge in [-0.1, -0.05) is 17.7 Å². The summed E-state index contributed by atoms with van der Waals surface area (Å²) in [4.78, 5) is 0. The smallest absolute Gasteiger partial charge is 0.124 e. The van der Waals surface area contributed by atoms with Crippen LogP contribution >= 0.6 is 11.6 Å². The van der Waals surface area contributed by atoms with Gasteiger partial charge < -0.3 is 10.5 Å². The molecule has 14 heavy (non-hydrogen) atoms. The van der Waals surface area contributed by atoms with Crippen LogP contribution in [0.15, 0.2) is 18.2 Å². The van der Waals surface area contributed by atoms with Crippen molar-refractivity contribution in [1.29, 1.82) is 0 Å². The third-order valence-corrected chi connectivity index (χ3v) is 2.93. The highest BCUT2D eigenvalue weighted by Gasteiger charge is 2.24. The molecule has 1 aliphatic rings. The molecule has 76 valence electrons. The quantitative estimate of drug-likeness (QED) is 0.775. The molecular formula is C11H14ClNO. The molecule has 0 bridgehead atoms. The number of ether oxygens (including phenoxy) is 1. The minimum Gasteiger partial charge on any atom is -0.493 e. The second kappa shape index (κ2) is 3.79. The van der Waals surface area contributed by atoms with Gasteiger partial charge >= 0.3 is 0 Å². The molecule has 0 saturated carbocycles. The van der Waals surface area contributed by atoms with E-state index in [2.05, 4.69) is 0 Å². The van der Waals surface area contributed by atoms with E-state index in [1.165, 1.54) is 5.56 Å². The minimum atomic E-state index is 0.166. The third kappa shape index (κ3) is 1.72. The minimum absolute atomic E-state index is 0.166. The Labute approximate surface area is 89.0 Å². The molecule has 3 heteroatoms. The molecule has 0 fully saturated rings. The second-order valence-electron chi connectivity index (χ2n) is 3.78. The molecule has 0 aliphatic carbocycles. The van der Waals surface area contributed by atoms with Gasteiger partial charge in [0.25, 0.3) is 0 Å². The first-order valence-electron chi connectivity index (χ1n) is 4.86. The molecule has 0 saturated heterocycles. The predicted molar refractivity (Wildman–Crippen MR) is 58.0 cm³/mol. The lowest BCUT2D eigenvalue weighted by Crippen LogP contribution is -2.29. The van der Waals surface area contributed by atoms with Crippen LogP contribution in [0.25, 0.3) is 0 Å². The maximum atomic E-state index is 5.93. The molecule has 2 unspecified atom stereocenters.